The lowest BCUT2D eigenvalue weighted by atomic mass is 10.1. The zero-order valence-electron chi connectivity index (χ0n) is 15.8. The number of amides is 1. The van der Waals surface area contributed by atoms with Crippen molar-refractivity contribution in [3.8, 4) is 0 Å². The first kappa shape index (κ1) is 19.1. The average molecular weight is 366 g/mol. The summed E-state index contributed by atoms with van der Waals surface area (Å²) in [4.78, 5) is 17.9. The van der Waals surface area contributed by atoms with Gasteiger partial charge in [-0.2, -0.15) is 0 Å². The third-order valence-corrected chi connectivity index (χ3v) is 4.93. The highest BCUT2D eigenvalue weighted by Crippen LogP contribution is 2.18. The molecule has 6 nitrogen and oxygen atoms in total. The second-order valence-electron chi connectivity index (χ2n) is 7.07. The predicted octanol–water partition coefficient (Wildman–Crippen LogP) is 2.90. The van der Waals surface area contributed by atoms with Crippen molar-refractivity contribution in [2.75, 3.05) is 18.4 Å². The van der Waals surface area contributed by atoms with Crippen molar-refractivity contribution in [2.45, 2.75) is 32.9 Å². The summed E-state index contributed by atoms with van der Waals surface area (Å²) in [6.07, 6.45) is 5.64. The van der Waals surface area contributed by atoms with Crippen molar-refractivity contribution in [3.05, 3.63) is 64.9 Å². The molecule has 142 valence electrons. The van der Waals surface area contributed by atoms with Gasteiger partial charge in [0.25, 0.3) is 5.91 Å². The third-order valence-electron chi connectivity index (χ3n) is 4.93. The number of carbonyl (C=O) groups excluding carboxylic acids is 1. The van der Waals surface area contributed by atoms with Crippen LogP contribution in [0.4, 0.5) is 5.82 Å². The van der Waals surface area contributed by atoms with Gasteiger partial charge in [0, 0.05) is 37.9 Å². The average Bonchev–Trinajstić information content (AvgIpc) is 3.10. The van der Waals surface area contributed by atoms with Crippen molar-refractivity contribution in [1.29, 1.82) is 0 Å². The molecule has 27 heavy (non-hydrogen) atoms. The fraction of sp³-hybridized carbons (Fsp3) is 0.333. The maximum Gasteiger partial charge on any atom is 0.267 e. The minimum absolute atomic E-state index is 0.380. The molecule has 1 aromatic heterocycles. The van der Waals surface area contributed by atoms with Crippen molar-refractivity contribution < 1.29 is 10.0 Å². The molecule has 2 heterocycles. The van der Waals surface area contributed by atoms with Crippen LogP contribution in [0.3, 0.4) is 0 Å². The fourth-order valence-electron chi connectivity index (χ4n) is 3.26. The molecule has 0 unspecified atom stereocenters. The van der Waals surface area contributed by atoms with Gasteiger partial charge in [0.05, 0.1) is 0 Å². The molecule has 0 radical (unpaired) electrons. The molecule has 3 N–H and O–H groups in total. The van der Waals surface area contributed by atoms with Gasteiger partial charge < -0.3 is 5.32 Å². The standard InChI is InChI=1S/C21H26N4O2/c1-15-3-4-18(11-16(15)2)13-25-10-9-19(14-25)23-20-7-5-17(12-22-20)6-8-21(26)24-27/h3-8,11-12,19,27H,9-10,13-14H2,1-2H3,(H,22,23)(H,24,26)/t19-/m1/s1. The van der Waals surface area contributed by atoms with Gasteiger partial charge in [-0.05, 0) is 60.7 Å². The number of pyridine rings is 1. The molecule has 1 atom stereocenters. The second kappa shape index (κ2) is 8.79. The Morgan fingerprint density at radius 3 is 2.85 bits per heavy atom. The van der Waals surface area contributed by atoms with Crippen molar-refractivity contribution in [2.24, 2.45) is 0 Å². The number of rotatable bonds is 6. The summed E-state index contributed by atoms with van der Waals surface area (Å²) >= 11 is 0. The Hall–Kier alpha value is -2.70. The number of benzene rings is 1. The van der Waals surface area contributed by atoms with E-state index in [4.69, 9.17) is 5.21 Å². The number of hydrogen-bond acceptors (Lipinski definition) is 5. The Labute approximate surface area is 159 Å². The minimum atomic E-state index is -0.563. The van der Waals surface area contributed by atoms with E-state index in [1.165, 1.54) is 22.8 Å². The summed E-state index contributed by atoms with van der Waals surface area (Å²) < 4.78 is 0. The van der Waals surface area contributed by atoms with Gasteiger partial charge in [-0.1, -0.05) is 18.2 Å². The van der Waals surface area contributed by atoms with Gasteiger partial charge in [-0.25, -0.2) is 10.5 Å². The van der Waals surface area contributed by atoms with Gasteiger partial charge in [0.1, 0.15) is 5.82 Å². The molecule has 1 amide bonds. The molecule has 2 aromatic rings. The van der Waals surface area contributed by atoms with E-state index in [9.17, 15) is 4.79 Å². The quantitative estimate of drug-likeness (QED) is 0.416. The lowest BCUT2D eigenvalue weighted by Crippen LogP contribution is -2.26. The van der Waals surface area contributed by atoms with Crippen molar-refractivity contribution in [3.63, 3.8) is 0 Å². The Balaban J connectivity index is 1.51. The van der Waals surface area contributed by atoms with Gasteiger partial charge in [0.15, 0.2) is 0 Å². The molecule has 0 saturated carbocycles. The largest absolute Gasteiger partial charge is 0.366 e. The first-order chi connectivity index (χ1) is 13.0. The number of hydrogen-bond donors (Lipinski definition) is 3. The van der Waals surface area contributed by atoms with Crippen LogP contribution in [0.5, 0.6) is 0 Å². The monoisotopic (exact) mass is 366 g/mol. The highest BCUT2D eigenvalue weighted by atomic mass is 16.5. The molecule has 3 rings (SSSR count). The molecule has 0 spiro atoms. The maximum absolute atomic E-state index is 11.0. The summed E-state index contributed by atoms with van der Waals surface area (Å²) in [5, 5.41) is 12.0. The number of nitrogens with zero attached hydrogens (tertiary/aromatic N) is 2. The molecule has 1 saturated heterocycles. The first-order valence-electron chi connectivity index (χ1n) is 9.17. The van der Waals surface area contributed by atoms with Crippen LogP contribution in [0.15, 0.2) is 42.6 Å². The number of hydroxylamine groups is 1. The zero-order chi connectivity index (χ0) is 19.2. The molecule has 0 aliphatic carbocycles. The smallest absolute Gasteiger partial charge is 0.267 e. The van der Waals surface area contributed by atoms with Gasteiger partial charge in [0.2, 0.25) is 0 Å². The summed E-state index contributed by atoms with van der Waals surface area (Å²) in [6, 6.07) is 10.9. The van der Waals surface area contributed by atoms with Crippen LogP contribution < -0.4 is 10.8 Å². The highest BCUT2D eigenvalue weighted by Gasteiger charge is 2.22. The van der Waals surface area contributed by atoms with Crippen molar-refractivity contribution >= 4 is 17.8 Å². The SMILES string of the molecule is Cc1ccc(CN2CC[C@@H](Nc3ccc(C=CC(=O)NO)cn3)C2)cc1C. The molecule has 0 bridgehead atoms. The highest BCUT2D eigenvalue weighted by molar-refractivity contribution is 5.90. The summed E-state index contributed by atoms with van der Waals surface area (Å²) in [5.74, 6) is 0.267. The number of aryl methyl sites for hydroxylation is 2. The summed E-state index contributed by atoms with van der Waals surface area (Å²) in [5.41, 5.74) is 6.40. The van der Waals surface area contributed by atoms with Gasteiger partial charge in [-0.3, -0.25) is 14.9 Å². The number of nitrogens with one attached hydrogen (secondary N) is 2. The van der Waals surface area contributed by atoms with E-state index in [0.717, 1.165) is 37.4 Å². The van der Waals surface area contributed by atoms with E-state index < -0.39 is 5.91 Å². The van der Waals surface area contributed by atoms with Crippen LogP contribution in [0.25, 0.3) is 6.08 Å². The van der Waals surface area contributed by atoms with Crippen LogP contribution in [-0.4, -0.2) is 40.1 Å². The van der Waals surface area contributed by atoms with E-state index in [1.54, 1.807) is 17.8 Å². The molecular weight excluding hydrogens is 340 g/mol. The molecule has 1 fully saturated rings. The van der Waals surface area contributed by atoms with Gasteiger partial charge >= 0.3 is 0 Å². The summed E-state index contributed by atoms with van der Waals surface area (Å²) in [7, 11) is 0. The van der Waals surface area contributed by atoms with E-state index in [0.29, 0.717) is 6.04 Å². The van der Waals surface area contributed by atoms with Crippen LogP contribution >= 0.6 is 0 Å². The molecule has 1 aliphatic rings. The van der Waals surface area contributed by atoms with E-state index >= 15 is 0 Å². The maximum atomic E-state index is 11.0. The number of likely N-dealkylation sites (tertiary alicyclic amines) is 1. The lowest BCUT2D eigenvalue weighted by Gasteiger charge is -2.17. The lowest BCUT2D eigenvalue weighted by molar-refractivity contribution is -0.124. The van der Waals surface area contributed by atoms with Crippen LogP contribution in [0.2, 0.25) is 0 Å². The predicted molar refractivity (Wildman–Crippen MR) is 106 cm³/mol. The molecule has 1 aliphatic heterocycles. The topological polar surface area (TPSA) is 77.5 Å². The van der Waals surface area contributed by atoms with E-state index in [-0.39, 0.29) is 0 Å². The first-order valence-corrected chi connectivity index (χ1v) is 9.17. The zero-order valence-corrected chi connectivity index (χ0v) is 15.8. The van der Waals surface area contributed by atoms with Crippen LogP contribution in [0, 0.1) is 13.8 Å². The Bertz CT molecular complexity index is 817. The Kier molecular flexibility index (Phi) is 6.21. The minimum Gasteiger partial charge on any atom is -0.366 e. The third kappa shape index (κ3) is 5.39. The van der Waals surface area contributed by atoms with E-state index in [2.05, 4.69) is 47.2 Å². The number of aromatic nitrogens is 1. The Morgan fingerprint density at radius 2 is 2.15 bits per heavy atom. The second-order valence-corrected chi connectivity index (χ2v) is 7.07. The van der Waals surface area contributed by atoms with Gasteiger partial charge in [-0.15, -0.1) is 0 Å². The molecule has 1 aromatic carbocycles. The molecular formula is C21H26N4O2. The number of anilines is 1. The van der Waals surface area contributed by atoms with Crippen LogP contribution in [-0.2, 0) is 11.3 Å². The van der Waals surface area contributed by atoms with E-state index in [1.807, 2.05) is 12.1 Å². The Morgan fingerprint density at radius 1 is 1.30 bits per heavy atom. The molecule has 6 heteroatoms. The normalized spacial score (nSPS) is 17.4. The fourth-order valence-corrected chi connectivity index (χ4v) is 3.26. The van der Waals surface area contributed by atoms with Crippen LogP contribution in [0.1, 0.15) is 28.7 Å². The number of carbonyl (C=O) groups is 1. The summed E-state index contributed by atoms with van der Waals surface area (Å²) in [6.45, 7) is 7.34. The van der Waals surface area contributed by atoms with Crippen molar-refractivity contribution in [1.82, 2.24) is 15.4 Å².